The van der Waals surface area contributed by atoms with E-state index in [0.29, 0.717) is 10.9 Å². The van der Waals surface area contributed by atoms with Crippen LogP contribution >= 0.6 is 34.5 Å². The second kappa shape index (κ2) is 4.56. The normalized spacial score (nSPS) is 10.9. The van der Waals surface area contributed by atoms with Gasteiger partial charge in [0.1, 0.15) is 15.9 Å². The summed E-state index contributed by atoms with van der Waals surface area (Å²) in [4.78, 5) is 5.49. The van der Waals surface area contributed by atoms with Gasteiger partial charge in [-0.1, -0.05) is 22.2 Å². The van der Waals surface area contributed by atoms with Gasteiger partial charge in [0.2, 0.25) is 0 Å². The second-order valence-corrected chi connectivity index (χ2v) is 5.65. The van der Waals surface area contributed by atoms with Crippen LogP contribution in [0.25, 0.3) is 10.7 Å². The molecule has 0 aliphatic heterocycles. The number of halogens is 1. The molecule has 0 amide bonds. The predicted molar refractivity (Wildman–Crippen MR) is 69.6 cm³/mol. The van der Waals surface area contributed by atoms with E-state index in [4.69, 9.17) is 11.6 Å². The van der Waals surface area contributed by atoms with E-state index in [1.165, 1.54) is 11.5 Å². The Labute approximate surface area is 111 Å². The fraction of sp³-hybridized carbons (Fsp3) is 0.100. The zero-order valence-electron chi connectivity index (χ0n) is 8.58. The van der Waals surface area contributed by atoms with Crippen molar-refractivity contribution in [2.24, 2.45) is 0 Å². The van der Waals surface area contributed by atoms with Crippen molar-refractivity contribution in [3.8, 4) is 10.7 Å². The number of thiophene rings is 1. The number of nitrogens with zero attached hydrogens (tertiary/aromatic N) is 4. The van der Waals surface area contributed by atoms with Gasteiger partial charge in [0.25, 0.3) is 0 Å². The van der Waals surface area contributed by atoms with Crippen LogP contribution in [0.15, 0.2) is 29.9 Å². The van der Waals surface area contributed by atoms with E-state index in [2.05, 4.69) is 14.6 Å². The Bertz CT molecular complexity index is 614. The summed E-state index contributed by atoms with van der Waals surface area (Å²) < 4.78 is 6.48. The second-order valence-electron chi connectivity index (χ2n) is 3.35. The van der Waals surface area contributed by atoms with Gasteiger partial charge in [0.15, 0.2) is 0 Å². The maximum atomic E-state index is 6.00. The Balaban J connectivity index is 1.95. The Morgan fingerprint density at radius 2 is 2.35 bits per heavy atom. The van der Waals surface area contributed by atoms with Gasteiger partial charge in [0, 0.05) is 23.9 Å². The molecule has 0 radical (unpaired) electrons. The number of hydrogen-bond donors (Lipinski definition) is 0. The first kappa shape index (κ1) is 10.9. The molecule has 0 aliphatic rings. The van der Waals surface area contributed by atoms with Gasteiger partial charge in [0.05, 0.1) is 11.4 Å². The standard InChI is InChI=1S/C10H7ClN4S2/c11-9-7(13-14-17-9)6-15-4-3-12-10(15)8-2-1-5-16-8/h1-5H,6H2. The van der Waals surface area contributed by atoms with Gasteiger partial charge in [-0.25, -0.2) is 4.98 Å². The van der Waals surface area contributed by atoms with Crippen molar-refractivity contribution in [1.29, 1.82) is 0 Å². The van der Waals surface area contributed by atoms with E-state index >= 15 is 0 Å². The lowest BCUT2D eigenvalue weighted by Gasteiger charge is -2.03. The topological polar surface area (TPSA) is 43.6 Å². The van der Waals surface area contributed by atoms with Crippen LogP contribution in [0.2, 0.25) is 4.34 Å². The van der Waals surface area contributed by atoms with E-state index in [9.17, 15) is 0 Å². The first-order chi connectivity index (χ1) is 8.34. The molecule has 0 spiro atoms. The third-order valence-corrected chi connectivity index (χ3v) is 4.14. The van der Waals surface area contributed by atoms with Crippen LogP contribution in [0.4, 0.5) is 0 Å². The summed E-state index contributed by atoms with van der Waals surface area (Å²) in [6.07, 6.45) is 3.70. The third kappa shape index (κ3) is 2.11. The molecule has 7 heteroatoms. The molecule has 86 valence electrons. The molecular formula is C10H7ClN4S2. The van der Waals surface area contributed by atoms with Crippen molar-refractivity contribution < 1.29 is 0 Å². The van der Waals surface area contributed by atoms with Gasteiger partial charge >= 0.3 is 0 Å². The van der Waals surface area contributed by atoms with Crippen molar-refractivity contribution in [2.45, 2.75) is 6.54 Å². The third-order valence-electron chi connectivity index (χ3n) is 2.29. The summed E-state index contributed by atoms with van der Waals surface area (Å²) in [6.45, 7) is 0.600. The fourth-order valence-electron chi connectivity index (χ4n) is 1.52. The molecule has 0 atom stereocenters. The molecule has 3 aromatic heterocycles. The molecule has 3 rings (SSSR count). The van der Waals surface area contributed by atoms with Crippen LogP contribution in [0, 0.1) is 0 Å². The minimum Gasteiger partial charge on any atom is -0.324 e. The molecule has 0 aliphatic carbocycles. The number of imidazole rings is 1. The Kier molecular flexibility index (Phi) is 2.92. The Morgan fingerprint density at radius 1 is 1.41 bits per heavy atom. The van der Waals surface area contributed by atoms with Crippen molar-refractivity contribution in [2.75, 3.05) is 0 Å². The highest BCUT2D eigenvalue weighted by Gasteiger charge is 2.11. The molecule has 17 heavy (non-hydrogen) atoms. The van der Waals surface area contributed by atoms with Crippen molar-refractivity contribution in [3.05, 3.63) is 39.9 Å². The van der Waals surface area contributed by atoms with E-state index in [1.807, 2.05) is 28.3 Å². The molecule has 0 saturated heterocycles. The average Bonchev–Trinajstić information content (AvgIpc) is 3.02. The quantitative estimate of drug-likeness (QED) is 0.741. The molecular weight excluding hydrogens is 276 g/mol. The largest absolute Gasteiger partial charge is 0.324 e. The summed E-state index contributed by atoms with van der Waals surface area (Å²) in [5.74, 6) is 0.934. The van der Waals surface area contributed by atoms with Crippen molar-refractivity contribution in [3.63, 3.8) is 0 Å². The summed E-state index contributed by atoms with van der Waals surface area (Å²) in [5, 5.41) is 6.04. The van der Waals surface area contributed by atoms with Gasteiger partial charge in [-0.05, 0) is 11.4 Å². The fourth-order valence-corrected chi connectivity index (χ4v) is 2.87. The number of hydrogen-bond acceptors (Lipinski definition) is 5. The first-order valence-corrected chi connectivity index (χ1v) is 6.89. The summed E-state index contributed by atoms with van der Waals surface area (Å²) in [5.41, 5.74) is 0.785. The van der Waals surface area contributed by atoms with Crippen LogP contribution in [-0.4, -0.2) is 19.1 Å². The van der Waals surface area contributed by atoms with Crippen LogP contribution in [0.1, 0.15) is 5.69 Å². The lowest BCUT2D eigenvalue weighted by atomic mass is 10.4. The lowest BCUT2D eigenvalue weighted by Crippen LogP contribution is -2.01. The zero-order valence-corrected chi connectivity index (χ0v) is 11.0. The highest BCUT2D eigenvalue weighted by atomic mass is 35.5. The average molecular weight is 283 g/mol. The minimum absolute atomic E-state index is 0.600. The minimum atomic E-state index is 0.600. The van der Waals surface area contributed by atoms with E-state index in [-0.39, 0.29) is 0 Å². The summed E-state index contributed by atoms with van der Waals surface area (Å²) >= 11 is 8.86. The molecule has 4 nitrogen and oxygen atoms in total. The van der Waals surface area contributed by atoms with Crippen LogP contribution in [0.5, 0.6) is 0 Å². The Hall–Kier alpha value is -1.24. The van der Waals surface area contributed by atoms with Crippen LogP contribution in [0.3, 0.4) is 0 Å². The molecule has 0 bridgehead atoms. The van der Waals surface area contributed by atoms with Gasteiger partial charge in [-0.15, -0.1) is 16.4 Å². The predicted octanol–water partition coefficient (Wildman–Crippen LogP) is 3.16. The highest BCUT2D eigenvalue weighted by Crippen LogP contribution is 2.25. The molecule has 3 aromatic rings. The smallest absolute Gasteiger partial charge is 0.150 e. The van der Waals surface area contributed by atoms with Gasteiger partial charge in [-0.3, -0.25) is 0 Å². The van der Waals surface area contributed by atoms with Crippen LogP contribution < -0.4 is 0 Å². The van der Waals surface area contributed by atoms with Crippen LogP contribution in [-0.2, 0) is 6.54 Å². The maximum absolute atomic E-state index is 6.00. The zero-order chi connectivity index (χ0) is 11.7. The number of rotatable bonds is 3. The highest BCUT2D eigenvalue weighted by molar-refractivity contribution is 7.13. The molecule has 0 saturated carbocycles. The lowest BCUT2D eigenvalue weighted by molar-refractivity contribution is 0.777. The summed E-state index contributed by atoms with van der Waals surface area (Å²) in [7, 11) is 0. The molecule has 3 heterocycles. The number of aromatic nitrogens is 4. The van der Waals surface area contributed by atoms with Gasteiger partial charge < -0.3 is 4.57 Å². The molecule has 0 N–H and O–H groups in total. The van der Waals surface area contributed by atoms with E-state index in [1.54, 1.807) is 17.5 Å². The van der Waals surface area contributed by atoms with Crippen molar-refractivity contribution >= 4 is 34.5 Å². The van der Waals surface area contributed by atoms with Crippen molar-refractivity contribution in [1.82, 2.24) is 19.1 Å². The Morgan fingerprint density at radius 3 is 3.06 bits per heavy atom. The monoisotopic (exact) mass is 282 g/mol. The van der Waals surface area contributed by atoms with E-state index in [0.717, 1.165) is 16.4 Å². The maximum Gasteiger partial charge on any atom is 0.150 e. The molecule has 0 unspecified atom stereocenters. The molecule has 0 aromatic carbocycles. The SMILES string of the molecule is Clc1snnc1Cn1ccnc1-c1cccs1. The molecule has 0 fully saturated rings. The first-order valence-electron chi connectivity index (χ1n) is 4.86. The summed E-state index contributed by atoms with van der Waals surface area (Å²) in [6, 6.07) is 4.06. The van der Waals surface area contributed by atoms with E-state index < -0.39 is 0 Å². The van der Waals surface area contributed by atoms with Gasteiger partial charge in [-0.2, -0.15) is 0 Å².